The predicted molar refractivity (Wildman–Crippen MR) is 52.4 cm³/mol. The smallest absolute Gasteiger partial charge is 0.154 e. The van der Waals surface area contributed by atoms with Crippen LogP contribution in [0.15, 0.2) is 36.7 Å². The summed E-state index contributed by atoms with van der Waals surface area (Å²) >= 11 is 0. The number of nitrogen functional groups attached to an aromatic ring is 1. The Bertz CT molecular complexity index is 446. The van der Waals surface area contributed by atoms with Gasteiger partial charge in [0.05, 0.1) is 0 Å². The van der Waals surface area contributed by atoms with E-state index in [0.717, 1.165) is 0 Å². The van der Waals surface area contributed by atoms with E-state index in [1.54, 1.807) is 35.3 Å². The van der Waals surface area contributed by atoms with Crippen LogP contribution in [0.2, 0.25) is 0 Å². The fourth-order valence-electron chi connectivity index (χ4n) is 1.11. The van der Waals surface area contributed by atoms with E-state index in [1.807, 2.05) is 6.07 Å². The normalized spacial score (nSPS) is 10.0. The number of amidine groups is 1. The number of nitrogens with zero attached hydrogens (tertiary/aromatic N) is 3. The summed E-state index contributed by atoms with van der Waals surface area (Å²) in [5, 5.41) is 11.3. The highest BCUT2D eigenvalue weighted by Gasteiger charge is 2.01. The van der Waals surface area contributed by atoms with Gasteiger partial charge in [-0.25, -0.2) is 9.67 Å². The minimum Gasteiger partial charge on any atom is -0.382 e. The Hall–Kier alpha value is -2.17. The molecule has 0 amide bonds. The van der Waals surface area contributed by atoms with Gasteiger partial charge in [0.15, 0.2) is 5.82 Å². The SMILES string of the molecule is N=C(N)c1cccc(-n2cccn2)n1. The van der Waals surface area contributed by atoms with Gasteiger partial charge in [0.25, 0.3) is 0 Å². The molecular weight excluding hydrogens is 178 g/mol. The molecule has 0 spiro atoms. The van der Waals surface area contributed by atoms with Crippen LogP contribution in [0.4, 0.5) is 0 Å². The summed E-state index contributed by atoms with van der Waals surface area (Å²) in [4.78, 5) is 4.17. The van der Waals surface area contributed by atoms with E-state index in [4.69, 9.17) is 11.1 Å². The first-order valence-electron chi connectivity index (χ1n) is 4.09. The van der Waals surface area contributed by atoms with Crippen molar-refractivity contribution in [3.8, 4) is 5.82 Å². The summed E-state index contributed by atoms with van der Waals surface area (Å²) in [7, 11) is 0. The molecule has 0 radical (unpaired) electrons. The van der Waals surface area contributed by atoms with Gasteiger partial charge in [0.2, 0.25) is 0 Å². The molecule has 2 heterocycles. The van der Waals surface area contributed by atoms with Gasteiger partial charge in [-0.1, -0.05) is 6.07 Å². The minimum absolute atomic E-state index is 0.0426. The summed E-state index contributed by atoms with van der Waals surface area (Å²) < 4.78 is 1.62. The zero-order valence-corrected chi connectivity index (χ0v) is 7.38. The van der Waals surface area contributed by atoms with Crippen LogP contribution in [0.25, 0.3) is 5.82 Å². The van der Waals surface area contributed by atoms with Gasteiger partial charge < -0.3 is 5.73 Å². The zero-order chi connectivity index (χ0) is 9.97. The Labute approximate surface area is 80.7 Å². The number of aromatic nitrogens is 3. The highest BCUT2D eigenvalue weighted by atomic mass is 15.3. The van der Waals surface area contributed by atoms with Crippen molar-refractivity contribution in [2.24, 2.45) is 5.73 Å². The summed E-state index contributed by atoms with van der Waals surface area (Å²) in [5.74, 6) is 0.613. The maximum atomic E-state index is 7.24. The van der Waals surface area contributed by atoms with E-state index in [1.165, 1.54) is 0 Å². The van der Waals surface area contributed by atoms with Crippen LogP contribution in [-0.4, -0.2) is 20.6 Å². The topological polar surface area (TPSA) is 80.6 Å². The van der Waals surface area contributed by atoms with Crippen LogP contribution in [0.3, 0.4) is 0 Å². The highest BCUT2D eigenvalue weighted by molar-refractivity contribution is 5.93. The molecular formula is C9H9N5. The van der Waals surface area contributed by atoms with Crippen LogP contribution in [0, 0.1) is 5.41 Å². The van der Waals surface area contributed by atoms with Gasteiger partial charge in [-0.05, 0) is 18.2 Å². The van der Waals surface area contributed by atoms with E-state index >= 15 is 0 Å². The average molecular weight is 187 g/mol. The Kier molecular flexibility index (Phi) is 1.98. The van der Waals surface area contributed by atoms with E-state index in [-0.39, 0.29) is 5.84 Å². The fourth-order valence-corrected chi connectivity index (χ4v) is 1.11. The molecule has 14 heavy (non-hydrogen) atoms. The maximum Gasteiger partial charge on any atom is 0.154 e. The molecule has 3 N–H and O–H groups in total. The molecule has 0 aromatic carbocycles. The highest BCUT2D eigenvalue weighted by Crippen LogP contribution is 2.03. The van der Waals surface area contributed by atoms with Crippen LogP contribution in [-0.2, 0) is 0 Å². The van der Waals surface area contributed by atoms with Crippen molar-refractivity contribution in [3.63, 3.8) is 0 Å². The molecule has 70 valence electrons. The predicted octanol–water partition coefficient (Wildman–Crippen LogP) is 0.551. The number of hydrogen-bond acceptors (Lipinski definition) is 3. The molecule has 0 aliphatic heterocycles. The third kappa shape index (κ3) is 1.47. The Morgan fingerprint density at radius 2 is 2.21 bits per heavy atom. The molecule has 0 fully saturated rings. The molecule has 2 rings (SSSR count). The van der Waals surface area contributed by atoms with Crippen LogP contribution in [0.1, 0.15) is 5.69 Å². The van der Waals surface area contributed by atoms with Gasteiger partial charge in [-0.2, -0.15) is 5.10 Å². The summed E-state index contributed by atoms with van der Waals surface area (Å²) in [5.41, 5.74) is 5.78. The minimum atomic E-state index is -0.0426. The van der Waals surface area contributed by atoms with Crippen molar-refractivity contribution in [3.05, 3.63) is 42.4 Å². The summed E-state index contributed by atoms with van der Waals surface area (Å²) in [6, 6.07) is 7.09. The van der Waals surface area contributed by atoms with Crippen molar-refractivity contribution < 1.29 is 0 Å². The van der Waals surface area contributed by atoms with Crippen molar-refractivity contribution in [2.75, 3.05) is 0 Å². The molecule has 5 nitrogen and oxygen atoms in total. The van der Waals surface area contributed by atoms with Gasteiger partial charge in [-0.15, -0.1) is 0 Å². The first-order chi connectivity index (χ1) is 6.77. The molecule has 0 aliphatic rings. The van der Waals surface area contributed by atoms with Crippen LogP contribution < -0.4 is 5.73 Å². The third-order valence-corrected chi connectivity index (χ3v) is 1.75. The first kappa shape index (κ1) is 8.43. The number of rotatable bonds is 2. The van der Waals surface area contributed by atoms with Gasteiger partial charge >= 0.3 is 0 Å². The molecule has 0 saturated carbocycles. The Balaban J connectivity index is 2.46. The second-order valence-electron chi connectivity index (χ2n) is 2.75. The summed E-state index contributed by atoms with van der Waals surface area (Å²) in [6.45, 7) is 0. The van der Waals surface area contributed by atoms with Crippen molar-refractivity contribution in [1.82, 2.24) is 14.8 Å². The molecule has 0 atom stereocenters. The summed E-state index contributed by atoms with van der Waals surface area (Å²) in [6.07, 6.45) is 3.45. The van der Waals surface area contributed by atoms with Gasteiger partial charge in [-0.3, -0.25) is 5.41 Å². The third-order valence-electron chi connectivity index (χ3n) is 1.75. The maximum absolute atomic E-state index is 7.24. The lowest BCUT2D eigenvalue weighted by Crippen LogP contribution is -2.14. The average Bonchev–Trinajstić information content (AvgIpc) is 2.71. The first-order valence-corrected chi connectivity index (χ1v) is 4.09. The number of hydrogen-bond donors (Lipinski definition) is 2. The second-order valence-corrected chi connectivity index (χ2v) is 2.75. The van der Waals surface area contributed by atoms with Crippen LogP contribution in [0.5, 0.6) is 0 Å². The van der Waals surface area contributed by atoms with E-state index in [9.17, 15) is 0 Å². The second kappa shape index (κ2) is 3.29. The quantitative estimate of drug-likeness (QED) is 0.532. The Morgan fingerprint density at radius 1 is 1.36 bits per heavy atom. The van der Waals surface area contributed by atoms with Crippen LogP contribution >= 0.6 is 0 Å². The molecule has 2 aromatic heterocycles. The monoisotopic (exact) mass is 187 g/mol. The largest absolute Gasteiger partial charge is 0.382 e. The lowest BCUT2D eigenvalue weighted by molar-refractivity contribution is 0.845. The van der Waals surface area contributed by atoms with Crippen molar-refractivity contribution in [1.29, 1.82) is 5.41 Å². The van der Waals surface area contributed by atoms with Crippen molar-refractivity contribution in [2.45, 2.75) is 0 Å². The number of pyridine rings is 1. The fraction of sp³-hybridized carbons (Fsp3) is 0. The number of nitrogens with two attached hydrogens (primary N) is 1. The van der Waals surface area contributed by atoms with E-state index < -0.39 is 0 Å². The molecule has 0 aliphatic carbocycles. The lowest BCUT2D eigenvalue weighted by atomic mass is 10.3. The van der Waals surface area contributed by atoms with E-state index in [2.05, 4.69) is 10.1 Å². The van der Waals surface area contributed by atoms with Crippen molar-refractivity contribution >= 4 is 5.84 Å². The molecule has 2 aromatic rings. The number of nitrogens with one attached hydrogen (secondary N) is 1. The zero-order valence-electron chi connectivity index (χ0n) is 7.38. The molecule has 0 bridgehead atoms. The molecule has 0 saturated heterocycles. The molecule has 5 heteroatoms. The molecule has 0 unspecified atom stereocenters. The van der Waals surface area contributed by atoms with Gasteiger partial charge in [0, 0.05) is 12.4 Å². The Morgan fingerprint density at radius 3 is 2.86 bits per heavy atom. The van der Waals surface area contributed by atoms with Gasteiger partial charge in [0.1, 0.15) is 11.5 Å². The van der Waals surface area contributed by atoms with E-state index in [0.29, 0.717) is 11.5 Å². The standard InChI is InChI=1S/C9H9N5/c10-9(11)7-3-1-4-8(13-7)14-6-2-5-12-14/h1-6H,(H3,10,11). The lowest BCUT2D eigenvalue weighted by Gasteiger charge is -2.02.